The number of carbonyl (C=O) groups excluding carboxylic acids is 1. The number of hydrogen-bond acceptors (Lipinski definition) is 9. The van der Waals surface area contributed by atoms with Crippen molar-refractivity contribution in [1.82, 2.24) is 14.9 Å². The molecule has 0 saturated carbocycles. The lowest BCUT2D eigenvalue weighted by molar-refractivity contribution is -0.128. The molecular weight excluding hydrogens is 451 g/mol. The van der Waals surface area contributed by atoms with Gasteiger partial charge in [-0.3, -0.25) is 9.74 Å². The van der Waals surface area contributed by atoms with Crippen molar-refractivity contribution in [2.75, 3.05) is 41.7 Å². The minimum Gasteiger partial charge on any atom is -0.398 e. The lowest BCUT2D eigenvalue weighted by Gasteiger charge is -2.42. The van der Waals surface area contributed by atoms with Gasteiger partial charge < -0.3 is 25.8 Å². The number of nitrogens with two attached hydrogens (primary N) is 1. The number of fused-ring (bicyclic) bond motifs is 1. The number of amides is 1. The van der Waals surface area contributed by atoms with E-state index < -0.39 is 6.01 Å². The monoisotopic (exact) mass is 478 g/mol. The van der Waals surface area contributed by atoms with Gasteiger partial charge >= 0.3 is 6.01 Å². The number of piperazine rings is 1. The summed E-state index contributed by atoms with van der Waals surface area (Å²) in [7, 11) is 0. The lowest BCUT2D eigenvalue weighted by atomic mass is 9.99. The van der Waals surface area contributed by atoms with Gasteiger partial charge in [-0.25, -0.2) is 0 Å². The highest BCUT2D eigenvalue weighted by atomic mass is 19.3. The average molecular weight is 479 g/mol. The van der Waals surface area contributed by atoms with Gasteiger partial charge in [0, 0.05) is 53.7 Å². The number of benzene rings is 1. The molecule has 2 aliphatic rings. The van der Waals surface area contributed by atoms with Gasteiger partial charge in [-0.05, 0) is 31.1 Å². The van der Waals surface area contributed by atoms with Crippen LogP contribution in [0.5, 0.6) is 6.01 Å². The quantitative estimate of drug-likeness (QED) is 0.367. The number of hydrogen-bond donors (Lipinski definition) is 2. The Morgan fingerprint density at radius 2 is 2.17 bits per heavy atom. The van der Waals surface area contributed by atoms with Gasteiger partial charge in [-0.1, -0.05) is 12.6 Å². The van der Waals surface area contributed by atoms with Crippen molar-refractivity contribution in [3.8, 4) is 12.1 Å². The maximum absolute atomic E-state index is 13.3. The first-order chi connectivity index (χ1) is 16.9. The standard InChI is InChI=1S/C24H27FN8O2/c1-3-21(34)33-11-10-32(13-16(33)6-8-26)23-17-7-9-31(14-20(17)29-24(30-23)35-25)22-15(2)4-5-19(28)18(22)12-27/h3-5,12,16,27H,1,6-7,9-11,13-14,28H2,2H3. The molecule has 1 amide bonds. The van der Waals surface area contributed by atoms with Crippen LogP contribution in [0, 0.1) is 23.7 Å². The number of anilines is 3. The Hall–Kier alpha value is -4.20. The van der Waals surface area contributed by atoms with Gasteiger partial charge in [0.15, 0.2) is 0 Å². The van der Waals surface area contributed by atoms with Crippen LogP contribution in [0.25, 0.3) is 0 Å². The van der Waals surface area contributed by atoms with E-state index in [4.69, 9.17) is 11.1 Å². The van der Waals surface area contributed by atoms with Crippen molar-refractivity contribution in [3.05, 3.63) is 47.2 Å². The Balaban J connectivity index is 1.68. The minimum absolute atomic E-state index is 0.157. The third kappa shape index (κ3) is 4.47. The summed E-state index contributed by atoms with van der Waals surface area (Å²) in [6, 6.07) is 5.10. The molecule has 0 bridgehead atoms. The lowest BCUT2D eigenvalue weighted by Crippen LogP contribution is -2.55. The molecule has 2 aromatic rings. The number of nitrogens with one attached hydrogen (secondary N) is 1. The molecule has 182 valence electrons. The van der Waals surface area contributed by atoms with Crippen molar-refractivity contribution >= 4 is 29.3 Å². The predicted molar refractivity (Wildman–Crippen MR) is 130 cm³/mol. The van der Waals surface area contributed by atoms with E-state index in [0.717, 1.165) is 16.8 Å². The Bertz CT molecular complexity index is 1210. The van der Waals surface area contributed by atoms with Crippen LogP contribution in [0.4, 0.5) is 21.7 Å². The summed E-state index contributed by atoms with van der Waals surface area (Å²) in [4.78, 5) is 30.5. The first-order valence-corrected chi connectivity index (χ1v) is 11.3. The van der Waals surface area contributed by atoms with Crippen molar-refractivity contribution < 1.29 is 14.3 Å². The van der Waals surface area contributed by atoms with Crippen LogP contribution in [0.3, 0.4) is 0 Å². The Labute approximate surface area is 202 Å². The number of aromatic nitrogens is 2. The van der Waals surface area contributed by atoms with Gasteiger partial charge in [0.2, 0.25) is 5.91 Å². The summed E-state index contributed by atoms with van der Waals surface area (Å²) in [5, 5.41) is 17.1. The first-order valence-electron chi connectivity index (χ1n) is 11.3. The number of nitrogen functional groups attached to an aromatic ring is 1. The van der Waals surface area contributed by atoms with Gasteiger partial charge in [0.25, 0.3) is 0 Å². The molecule has 0 radical (unpaired) electrons. The van der Waals surface area contributed by atoms with Crippen LogP contribution in [-0.2, 0) is 17.8 Å². The fraction of sp³-hybridized carbons (Fsp3) is 0.375. The highest BCUT2D eigenvalue weighted by molar-refractivity contribution is 5.94. The van der Waals surface area contributed by atoms with Crippen LogP contribution < -0.4 is 20.5 Å². The number of nitriles is 1. The summed E-state index contributed by atoms with van der Waals surface area (Å²) in [5.41, 5.74) is 10.6. The molecular formula is C24H27FN8O2. The highest BCUT2D eigenvalue weighted by Crippen LogP contribution is 2.35. The van der Waals surface area contributed by atoms with E-state index in [1.807, 2.05) is 17.9 Å². The van der Waals surface area contributed by atoms with E-state index >= 15 is 0 Å². The topological polar surface area (TPSA) is 135 Å². The van der Waals surface area contributed by atoms with Gasteiger partial charge in [-0.15, -0.1) is 0 Å². The van der Waals surface area contributed by atoms with Gasteiger partial charge in [-0.2, -0.15) is 15.2 Å². The Morgan fingerprint density at radius 1 is 1.37 bits per heavy atom. The second-order valence-electron chi connectivity index (χ2n) is 8.58. The number of carbonyl (C=O) groups is 1. The van der Waals surface area contributed by atoms with Crippen LogP contribution in [0.15, 0.2) is 24.8 Å². The third-order valence-electron chi connectivity index (χ3n) is 6.57. The zero-order valence-corrected chi connectivity index (χ0v) is 19.5. The number of rotatable bonds is 6. The highest BCUT2D eigenvalue weighted by Gasteiger charge is 2.33. The molecule has 1 atom stereocenters. The number of nitrogens with zero attached hydrogens (tertiary/aromatic N) is 6. The Morgan fingerprint density at radius 3 is 2.86 bits per heavy atom. The zero-order valence-electron chi connectivity index (χ0n) is 19.5. The van der Waals surface area contributed by atoms with Crippen LogP contribution >= 0.6 is 0 Å². The van der Waals surface area contributed by atoms with Crippen molar-refractivity contribution in [1.29, 1.82) is 10.7 Å². The van der Waals surface area contributed by atoms with E-state index in [1.165, 1.54) is 12.3 Å². The predicted octanol–water partition coefficient (Wildman–Crippen LogP) is 2.31. The molecule has 11 heteroatoms. The van der Waals surface area contributed by atoms with Crippen molar-refractivity contribution in [2.24, 2.45) is 0 Å². The fourth-order valence-corrected chi connectivity index (χ4v) is 4.91. The number of aryl methyl sites for hydroxylation is 1. The molecule has 3 heterocycles. The van der Waals surface area contributed by atoms with Gasteiger partial charge in [0.05, 0.1) is 36.5 Å². The second-order valence-corrected chi connectivity index (χ2v) is 8.58. The first kappa shape index (κ1) is 23.9. The van der Waals surface area contributed by atoms with E-state index in [2.05, 4.69) is 32.5 Å². The SMILES string of the molecule is C=CC(=O)N1CCN(c2nc(OF)nc3c2CCN(c2c(C)ccc(N)c2C=N)C3)CC1CC#N. The zero-order chi connectivity index (χ0) is 25.1. The van der Waals surface area contributed by atoms with Crippen molar-refractivity contribution in [3.63, 3.8) is 0 Å². The molecule has 1 aromatic carbocycles. The molecule has 1 unspecified atom stereocenters. The minimum atomic E-state index is -0.390. The molecule has 35 heavy (non-hydrogen) atoms. The van der Waals surface area contributed by atoms with Gasteiger partial charge in [0.1, 0.15) is 5.82 Å². The Kier molecular flexibility index (Phi) is 6.82. The maximum Gasteiger partial charge on any atom is 0.362 e. The largest absolute Gasteiger partial charge is 0.398 e. The van der Waals surface area contributed by atoms with Crippen molar-refractivity contribution in [2.45, 2.75) is 32.4 Å². The third-order valence-corrected chi connectivity index (χ3v) is 6.57. The van der Waals surface area contributed by atoms with Crippen LogP contribution in [0.2, 0.25) is 0 Å². The average Bonchev–Trinajstić information content (AvgIpc) is 2.88. The van der Waals surface area contributed by atoms with Crippen LogP contribution in [-0.4, -0.2) is 59.2 Å². The molecule has 10 nitrogen and oxygen atoms in total. The summed E-state index contributed by atoms with van der Waals surface area (Å²) in [6.45, 7) is 7.72. The number of halogens is 1. The van der Waals surface area contributed by atoms with Crippen LogP contribution in [0.1, 0.15) is 28.8 Å². The fourth-order valence-electron chi connectivity index (χ4n) is 4.91. The molecule has 1 aromatic heterocycles. The summed E-state index contributed by atoms with van der Waals surface area (Å²) in [5.74, 6) is 0.324. The molecule has 1 fully saturated rings. The van der Waals surface area contributed by atoms with E-state index in [9.17, 15) is 14.6 Å². The molecule has 0 aliphatic carbocycles. The molecule has 0 spiro atoms. The summed E-state index contributed by atoms with van der Waals surface area (Å²) in [6.07, 6.45) is 3.23. The summed E-state index contributed by atoms with van der Waals surface area (Å²) < 4.78 is 13.3. The molecule has 1 saturated heterocycles. The smallest absolute Gasteiger partial charge is 0.362 e. The molecule has 4 rings (SSSR count). The second kappa shape index (κ2) is 9.97. The normalized spacial score (nSPS) is 17.4. The van der Waals surface area contributed by atoms with E-state index in [0.29, 0.717) is 61.9 Å². The summed E-state index contributed by atoms with van der Waals surface area (Å²) >= 11 is 0. The van der Waals surface area contributed by atoms with E-state index in [-0.39, 0.29) is 18.4 Å². The molecule has 3 N–H and O–H groups in total. The molecule has 2 aliphatic heterocycles. The maximum atomic E-state index is 13.3. The van der Waals surface area contributed by atoms with E-state index in [1.54, 1.807) is 11.0 Å².